The minimum Gasteiger partial charge on any atom is -0.394 e. The Hall–Kier alpha value is -0.540. The minimum absolute atomic E-state index is 0.108. The highest BCUT2D eigenvalue weighted by molar-refractivity contribution is 7.40. The van der Waals surface area contributed by atoms with Gasteiger partial charge in [0.2, 0.25) is 5.91 Å². The molecule has 14 heteroatoms. The van der Waals surface area contributed by atoms with Crippen molar-refractivity contribution in [1.82, 2.24) is 5.32 Å². The topological polar surface area (TPSA) is 175 Å². The molecular formula is C18H36NO12P. The number of nitrogens with one attached hydrogen (secondary N) is 1. The van der Waals surface area contributed by atoms with E-state index >= 15 is 0 Å². The first kappa shape index (κ1) is 29.5. The van der Waals surface area contributed by atoms with Crippen LogP contribution in [0.2, 0.25) is 0 Å². The van der Waals surface area contributed by atoms with Gasteiger partial charge in [-0.1, -0.05) is 0 Å². The van der Waals surface area contributed by atoms with Gasteiger partial charge in [0, 0.05) is 14.0 Å². The molecular weight excluding hydrogens is 453 g/mol. The zero-order valence-corrected chi connectivity index (χ0v) is 19.4. The van der Waals surface area contributed by atoms with Crippen LogP contribution in [0.25, 0.3) is 0 Å². The molecule has 1 aliphatic rings. The van der Waals surface area contributed by atoms with E-state index in [0.717, 1.165) is 0 Å². The number of rotatable bonds is 18. The molecule has 190 valence electrons. The molecule has 1 saturated heterocycles. The summed E-state index contributed by atoms with van der Waals surface area (Å²) in [5.74, 6) is -0.435. The van der Waals surface area contributed by atoms with E-state index in [1.807, 2.05) is 0 Å². The van der Waals surface area contributed by atoms with Crippen molar-refractivity contribution in [2.75, 3.05) is 66.6 Å². The van der Waals surface area contributed by atoms with Gasteiger partial charge in [-0.2, -0.15) is 0 Å². The van der Waals surface area contributed by atoms with Crippen molar-refractivity contribution in [3.63, 3.8) is 0 Å². The summed E-state index contributed by atoms with van der Waals surface area (Å²) in [5.41, 5.74) is 0. The molecule has 1 aliphatic heterocycles. The van der Waals surface area contributed by atoms with Gasteiger partial charge in [-0.3, -0.25) is 4.79 Å². The summed E-state index contributed by atoms with van der Waals surface area (Å²) in [6.45, 7) is 3.28. The molecule has 6 atom stereocenters. The van der Waals surface area contributed by atoms with E-state index in [2.05, 4.69) is 5.32 Å². The van der Waals surface area contributed by atoms with Crippen LogP contribution < -0.4 is 5.32 Å². The van der Waals surface area contributed by atoms with Crippen molar-refractivity contribution < 1.29 is 57.7 Å². The fourth-order valence-electron chi connectivity index (χ4n) is 2.69. The number of aliphatic hydroxyl groups is 3. The van der Waals surface area contributed by atoms with Crippen LogP contribution in [0.15, 0.2) is 0 Å². The molecule has 0 radical (unpaired) electrons. The van der Waals surface area contributed by atoms with E-state index in [4.69, 9.17) is 32.7 Å². The normalized spacial score (nSPS) is 26.8. The van der Waals surface area contributed by atoms with Crippen LogP contribution in [-0.2, 0) is 37.5 Å². The molecule has 0 aliphatic carbocycles. The summed E-state index contributed by atoms with van der Waals surface area (Å²) >= 11 is 0. The van der Waals surface area contributed by atoms with Crippen molar-refractivity contribution in [2.45, 2.75) is 44.0 Å². The van der Waals surface area contributed by atoms with Gasteiger partial charge in [0.25, 0.3) is 0 Å². The Labute approximate surface area is 188 Å². The Bertz CT molecular complexity index is 491. The molecule has 1 fully saturated rings. The standard InChI is InChI=1S/C18H36NO12P/c1-13(21)19-15-17(23)16(22)14(12-20)31-18(15)28-4-3-5-29-32(24)30-11-10-27-9-8-26-7-6-25-2/h14-18,20,22-24H,3-12H2,1-2H3,(H,19,21)/t14-,15+,16+,17-,18-,32?/m1/s1. The van der Waals surface area contributed by atoms with Gasteiger partial charge in [0.1, 0.15) is 24.4 Å². The van der Waals surface area contributed by atoms with Crippen LogP contribution in [-0.4, -0.2) is 123 Å². The first-order valence-electron chi connectivity index (χ1n) is 10.3. The minimum atomic E-state index is -2.07. The first-order valence-corrected chi connectivity index (χ1v) is 11.4. The first-order chi connectivity index (χ1) is 15.4. The Kier molecular flexibility index (Phi) is 16.5. The number of hydrogen-bond acceptors (Lipinski definition) is 12. The van der Waals surface area contributed by atoms with Gasteiger partial charge in [0.05, 0.1) is 59.5 Å². The molecule has 5 N–H and O–H groups in total. The highest BCUT2D eigenvalue weighted by Crippen LogP contribution is 2.32. The van der Waals surface area contributed by atoms with Crippen LogP contribution in [0.4, 0.5) is 0 Å². The van der Waals surface area contributed by atoms with Gasteiger partial charge in [0.15, 0.2) is 6.29 Å². The summed E-state index contributed by atoms with van der Waals surface area (Å²) in [6.07, 6.45) is -4.51. The van der Waals surface area contributed by atoms with Crippen molar-refractivity contribution in [2.24, 2.45) is 0 Å². The lowest BCUT2D eigenvalue weighted by Gasteiger charge is -2.42. The maximum absolute atomic E-state index is 11.4. The van der Waals surface area contributed by atoms with Crippen molar-refractivity contribution in [3.8, 4) is 0 Å². The number of ether oxygens (including phenoxy) is 5. The second-order valence-corrected chi connectivity index (χ2v) is 7.77. The van der Waals surface area contributed by atoms with Gasteiger partial charge in [-0.25, -0.2) is 0 Å². The van der Waals surface area contributed by atoms with E-state index in [1.165, 1.54) is 6.92 Å². The number of aliphatic hydroxyl groups excluding tert-OH is 3. The summed E-state index contributed by atoms with van der Waals surface area (Å²) in [7, 11) is -0.470. The van der Waals surface area contributed by atoms with Crippen molar-refractivity contribution >= 4 is 14.5 Å². The lowest BCUT2D eigenvalue weighted by molar-refractivity contribution is -0.270. The summed E-state index contributed by atoms with van der Waals surface area (Å²) in [6, 6.07) is -1.00. The zero-order chi connectivity index (χ0) is 23.8. The van der Waals surface area contributed by atoms with Gasteiger partial charge in [-0.05, 0) is 6.42 Å². The van der Waals surface area contributed by atoms with Crippen molar-refractivity contribution in [3.05, 3.63) is 0 Å². The number of amides is 1. The van der Waals surface area contributed by atoms with Crippen molar-refractivity contribution in [1.29, 1.82) is 0 Å². The number of methoxy groups -OCH3 is 1. The molecule has 0 bridgehead atoms. The molecule has 1 amide bonds. The summed E-state index contributed by atoms with van der Waals surface area (Å²) < 4.78 is 36.6. The average molecular weight is 489 g/mol. The molecule has 0 saturated carbocycles. The molecule has 13 nitrogen and oxygen atoms in total. The predicted molar refractivity (Wildman–Crippen MR) is 110 cm³/mol. The highest BCUT2D eigenvalue weighted by atomic mass is 31.2. The van der Waals surface area contributed by atoms with E-state index < -0.39 is 51.8 Å². The molecule has 32 heavy (non-hydrogen) atoms. The Morgan fingerprint density at radius 1 is 0.969 bits per heavy atom. The maximum Gasteiger partial charge on any atom is 0.329 e. The van der Waals surface area contributed by atoms with E-state index in [9.17, 15) is 25.0 Å². The van der Waals surface area contributed by atoms with Gasteiger partial charge < -0.3 is 58.3 Å². The number of carbonyl (C=O) groups is 1. The fourth-order valence-corrected chi connectivity index (χ4v) is 3.28. The molecule has 0 aromatic heterocycles. The monoisotopic (exact) mass is 489 g/mol. The molecule has 0 aromatic rings. The second-order valence-electron chi connectivity index (χ2n) is 6.78. The maximum atomic E-state index is 11.4. The third kappa shape index (κ3) is 12.1. The van der Waals surface area contributed by atoms with Gasteiger partial charge >= 0.3 is 8.60 Å². The predicted octanol–water partition coefficient (Wildman–Crippen LogP) is -1.73. The summed E-state index contributed by atoms with van der Waals surface area (Å²) in [4.78, 5) is 21.1. The third-order valence-electron chi connectivity index (χ3n) is 4.26. The third-order valence-corrected chi connectivity index (χ3v) is 5.06. The van der Waals surface area contributed by atoms with E-state index in [-0.39, 0.29) is 26.4 Å². The molecule has 0 aromatic carbocycles. The van der Waals surface area contributed by atoms with Crippen LogP contribution in [0.1, 0.15) is 13.3 Å². The number of hydrogen-bond donors (Lipinski definition) is 5. The quantitative estimate of drug-likeness (QED) is 0.109. The van der Waals surface area contributed by atoms with Crippen LogP contribution in [0.5, 0.6) is 0 Å². The second kappa shape index (κ2) is 17.9. The van der Waals surface area contributed by atoms with E-state index in [1.54, 1.807) is 7.11 Å². The smallest absolute Gasteiger partial charge is 0.329 e. The summed E-state index contributed by atoms with van der Waals surface area (Å²) in [5, 5.41) is 31.9. The van der Waals surface area contributed by atoms with Crippen LogP contribution in [0.3, 0.4) is 0 Å². The Morgan fingerprint density at radius 3 is 2.22 bits per heavy atom. The lowest BCUT2D eigenvalue weighted by Crippen LogP contribution is -2.64. The largest absolute Gasteiger partial charge is 0.394 e. The Balaban J connectivity index is 2.15. The van der Waals surface area contributed by atoms with E-state index in [0.29, 0.717) is 32.8 Å². The lowest BCUT2D eigenvalue weighted by atomic mass is 9.97. The van der Waals surface area contributed by atoms with Crippen LogP contribution in [0, 0.1) is 0 Å². The number of carbonyl (C=O) groups excluding carboxylic acids is 1. The zero-order valence-electron chi connectivity index (χ0n) is 18.5. The molecule has 1 heterocycles. The van der Waals surface area contributed by atoms with Gasteiger partial charge in [-0.15, -0.1) is 0 Å². The molecule has 1 rings (SSSR count). The highest BCUT2D eigenvalue weighted by Gasteiger charge is 2.45. The molecule has 0 spiro atoms. The Morgan fingerprint density at radius 2 is 1.59 bits per heavy atom. The fraction of sp³-hybridized carbons (Fsp3) is 0.944. The average Bonchev–Trinajstić information content (AvgIpc) is 2.76. The SMILES string of the molecule is COCCOCCOCCOP(O)OCCCO[C@@H]1O[C@H](CO)[C@H](O)[C@H](O)[C@@H]1NC(C)=O. The van der Waals surface area contributed by atoms with Crippen LogP contribution >= 0.6 is 8.60 Å². The molecule has 1 unspecified atom stereocenters.